The van der Waals surface area contributed by atoms with Crippen molar-refractivity contribution in [2.45, 2.75) is 45.7 Å². The summed E-state index contributed by atoms with van der Waals surface area (Å²) in [5.41, 5.74) is 4.64. The van der Waals surface area contributed by atoms with Crippen molar-refractivity contribution in [2.75, 3.05) is 0 Å². The number of nitrogens with one attached hydrogen (secondary N) is 1. The summed E-state index contributed by atoms with van der Waals surface area (Å²) in [5, 5.41) is 3.88. The molecule has 0 aliphatic heterocycles. The first-order valence-corrected chi connectivity index (χ1v) is 7.97. The Hall–Kier alpha value is -1.60. The predicted octanol–water partition coefficient (Wildman–Crippen LogP) is 5.05. The summed E-state index contributed by atoms with van der Waals surface area (Å²) in [5.74, 6) is 0. The van der Waals surface area contributed by atoms with Crippen LogP contribution < -0.4 is 5.32 Å². The summed E-state index contributed by atoms with van der Waals surface area (Å²) >= 11 is 0. The molecule has 1 nitrogen and oxygen atoms in total. The fraction of sp³-hybridized carbons (Fsp3) is 0.400. The highest BCUT2D eigenvalue weighted by Crippen LogP contribution is 2.44. The van der Waals surface area contributed by atoms with Crippen LogP contribution in [-0.2, 0) is 6.42 Å². The van der Waals surface area contributed by atoms with E-state index in [4.69, 9.17) is 0 Å². The Morgan fingerprint density at radius 2 is 1.67 bits per heavy atom. The number of hydrogen-bond donors (Lipinski definition) is 1. The number of hydrogen-bond acceptors (Lipinski definition) is 1. The largest absolute Gasteiger partial charge is 0.303 e. The highest BCUT2D eigenvalue weighted by atomic mass is 15.0. The fourth-order valence-electron chi connectivity index (χ4n) is 3.47. The van der Waals surface area contributed by atoms with Crippen LogP contribution in [0.4, 0.5) is 0 Å². The molecule has 1 unspecified atom stereocenters. The predicted molar refractivity (Wildman–Crippen MR) is 89.3 cm³/mol. The van der Waals surface area contributed by atoms with E-state index in [1.807, 2.05) is 0 Å². The van der Waals surface area contributed by atoms with Crippen LogP contribution in [-0.4, -0.2) is 0 Å². The van der Waals surface area contributed by atoms with E-state index in [0.717, 1.165) is 0 Å². The monoisotopic (exact) mass is 279 g/mol. The molecular weight excluding hydrogens is 254 g/mol. The van der Waals surface area contributed by atoms with Gasteiger partial charge in [-0.05, 0) is 41.9 Å². The minimum absolute atomic E-state index is 0.289. The SMILES string of the molecule is C[C@H](NC1c2ccccc2CCC1(C)C)c1ccccc1. The van der Waals surface area contributed by atoms with E-state index in [1.54, 1.807) is 0 Å². The van der Waals surface area contributed by atoms with E-state index in [1.165, 1.54) is 29.5 Å². The molecule has 0 saturated heterocycles. The zero-order chi connectivity index (χ0) is 14.9. The molecule has 2 atom stereocenters. The highest BCUT2D eigenvalue weighted by molar-refractivity contribution is 5.34. The highest BCUT2D eigenvalue weighted by Gasteiger charge is 2.36. The maximum atomic E-state index is 3.88. The van der Waals surface area contributed by atoms with E-state index < -0.39 is 0 Å². The van der Waals surface area contributed by atoms with Gasteiger partial charge in [0.25, 0.3) is 0 Å². The molecule has 0 fully saturated rings. The van der Waals surface area contributed by atoms with Gasteiger partial charge in [-0.1, -0.05) is 68.4 Å². The molecular formula is C20H25N. The lowest BCUT2D eigenvalue weighted by molar-refractivity contribution is 0.196. The van der Waals surface area contributed by atoms with Crippen molar-refractivity contribution in [2.24, 2.45) is 5.41 Å². The third-order valence-corrected chi connectivity index (χ3v) is 4.90. The lowest BCUT2D eigenvalue weighted by Gasteiger charge is -2.42. The molecule has 0 aromatic heterocycles. The van der Waals surface area contributed by atoms with Gasteiger partial charge in [-0.2, -0.15) is 0 Å². The van der Waals surface area contributed by atoms with Crippen molar-refractivity contribution >= 4 is 0 Å². The minimum atomic E-state index is 0.289. The van der Waals surface area contributed by atoms with Gasteiger partial charge in [-0.25, -0.2) is 0 Å². The molecule has 1 heteroatoms. The first kappa shape index (κ1) is 14.3. The topological polar surface area (TPSA) is 12.0 Å². The molecule has 0 radical (unpaired) electrons. The smallest absolute Gasteiger partial charge is 0.0379 e. The summed E-state index contributed by atoms with van der Waals surface area (Å²) < 4.78 is 0. The Labute approximate surface area is 128 Å². The lowest BCUT2D eigenvalue weighted by atomic mass is 9.70. The van der Waals surface area contributed by atoms with Gasteiger partial charge in [0.1, 0.15) is 0 Å². The van der Waals surface area contributed by atoms with Crippen molar-refractivity contribution < 1.29 is 0 Å². The molecule has 0 amide bonds. The van der Waals surface area contributed by atoms with Crippen molar-refractivity contribution in [1.29, 1.82) is 0 Å². The Bertz CT molecular complexity index is 600. The Kier molecular flexibility index (Phi) is 3.86. The van der Waals surface area contributed by atoms with E-state index >= 15 is 0 Å². The van der Waals surface area contributed by atoms with Crippen LogP contribution in [0.1, 0.15) is 56.0 Å². The Morgan fingerprint density at radius 1 is 1.00 bits per heavy atom. The average Bonchev–Trinajstić information content (AvgIpc) is 2.51. The summed E-state index contributed by atoms with van der Waals surface area (Å²) in [4.78, 5) is 0. The van der Waals surface area contributed by atoms with Crippen LogP contribution >= 0.6 is 0 Å². The number of aryl methyl sites for hydroxylation is 1. The van der Waals surface area contributed by atoms with Crippen LogP contribution in [0, 0.1) is 5.41 Å². The maximum absolute atomic E-state index is 3.88. The van der Waals surface area contributed by atoms with E-state index in [-0.39, 0.29) is 5.41 Å². The van der Waals surface area contributed by atoms with Crippen molar-refractivity contribution in [3.8, 4) is 0 Å². The summed E-state index contributed by atoms with van der Waals surface area (Å²) in [6, 6.07) is 20.4. The average molecular weight is 279 g/mol. The van der Waals surface area contributed by atoms with Crippen LogP contribution in [0.25, 0.3) is 0 Å². The van der Waals surface area contributed by atoms with E-state index in [9.17, 15) is 0 Å². The third kappa shape index (κ3) is 2.89. The van der Waals surface area contributed by atoms with Crippen LogP contribution in [0.3, 0.4) is 0 Å². The van der Waals surface area contributed by atoms with Gasteiger partial charge in [-0.15, -0.1) is 0 Å². The van der Waals surface area contributed by atoms with Crippen LogP contribution in [0.2, 0.25) is 0 Å². The molecule has 21 heavy (non-hydrogen) atoms. The first-order chi connectivity index (χ1) is 10.1. The summed E-state index contributed by atoms with van der Waals surface area (Å²) in [6.45, 7) is 7.04. The minimum Gasteiger partial charge on any atom is -0.303 e. The normalized spacial score (nSPS) is 21.6. The van der Waals surface area contributed by atoms with E-state index in [0.29, 0.717) is 12.1 Å². The molecule has 2 aromatic carbocycles. The molecule has 3 rings (SSSR count). The number of benzene rings is 2. The second kappa shape index (κ2) is 5.65. The molecule has 2 aromatic rings. The quantitative estimate of drug-likeness (QED) is 0.829. The van der Waals surface area contributed by atoms with Gasteiger partial charge in [0, 0.05) is 12.1 Å². The molecule has 0 spiro atoms. The Morgan fingerprint density at radius 3 is 2.43 bits per heavy atom. The molecule has 0 saturated carbocycles. The molecule has 1 aliphatic rings. The molecule has 0 heterocycles. The zero-order valence-electron chi connectivity index (χ0n) is 13.3. The molecule has 1 N–H and O–H groups in total. The summed E-state index contributed by atoms with van der Waals surface area (Å²) in [6.07, 6.45) is 2.43. The van der Waals surface area contributed by atoms with Gasteiger partial charge in [0.05, 0.1) is 0 Å². The number of fused-ring (bicyclic) bond motifs is 1. The Balaban J connectivity index is 1.89. The van der Waals surface area contributed by atoms with Crippen molar-refractivity contribution in [3.05, 3.63) is 71.3 Å². The molecule has 110 valence electrons. The van der Waals surface area contributed by atoms with Gasteiger partial charge in [0.2, 0.25) is 0 Å². The lowest BCUT2D eigenvalue weighted by Crippen LogP contribution is -2.39. The van der Waals surface area contributed by atoms with Gasteiger partial charge < -0.3 is 5.32 Å². The second-order valence-corrected chi connectivity index (χ2v) is 6.92. The van der Waals surface area contributed by atoms with Gasteiger partial charge in [0.15, 0.2) is 0 Å². The van der Waals surface area contributed by atoms with Gasteiger partial charge in [-0.3, -0.25) is 0 Å². The van der Waals surface area contributed by atoms with Crippen LogP contribution in [0.15, 0.2) is 54.6 Å². The maximum Gasteiger partial charge on any atom is 0.0379 e. The second-order valence-electron chi connectivity index (χ2n) is 6.92. The molecule has 1 aliphatic carbocycles. The van der Waals surface area contributed by atoms with E-state index in [2.05, 4.69) is 80.7 Å². The zero-order valence-corrected chi connectivity index (χ0v) is 13.3. The van der Waals surface area contributed by atoms with Crippen molar-refractivity contribution in [3.63, 3.8) is 0 Å². The first-order valence-electron chi connectivity index (χ1n) is 7.97. The van der Waals surface area contributed by atoms with Crippen molar-refractivity contribution in [1.82, 2.24) is 5.32 Å². The fourth-order valence-corrected chi connectivity index (χ4v) is 3.47. The standard InChI is InChI=1S/C20H25N/c1-15(16-9-5-4-6-10-16)21-19-18-12-8-7-11-17(18)13-14-20(19,2)3/h4-12,15,19,21H,13-14H2,1-3H3/t15-,19?/m0/s1. The molecule has 0 bridgehead atoms. The summed E-state index contributed by atoms with van der Waals surface area (Å²) in [7, 11) is 0. The number of rotatable bonds is 3. The van der Waals surface area contributed by atoms with Gasteiger partial charge >= 0.3 is 0 Å². The van der Waals surface area contributed by atoms with Crippen LogP contribution in [0.5, 0.6) is 0 Å². The third-order valence-electron chi connectivity index (χ3n) is 4.90.